The van der Waals surface area contributed by atoms with Crippen molar-refractivity contribution in [1.29, 1.82) is 0 Å². The van der Waals surface area contributed by atoms with Crippen LogP contribution in [-0.2, 0) is 65.6 Å². The average Bonchev–Trinajstić information content (AvgIpc) is 1.10. The Labute approximate surface area is 843 Å². The van der Waals surface area contributed by atoms with E-state index in [0.717, 1.165) is 75.4 Å². The summed E-state index contributed by atoms with van der Waals surface area (Å²) in [4.78, 5) is 29.1. The van der Waals surface area contributed by atoms with E-state index < -0.39 is 81.2 Å². The minimum absolute atomic E-state index is 0. The van der Waals surface area contributed by atoms with Crippen LogP contribution in [0.3, 0.4) is 0 Å². The number of halogens is 4. The second-order valence-electron chi connectivity index (χ2n) is 35.5. The summed E-state index contributed by atoms with van der Waals surface area (Å²) in [6.45, 7) is 38.5. The molecule has 13 rings (SSSR count). The molecule has 6 heterocycles. The summed E-state index contributed by atoms with van der Waals surface area (Å²) in [5, 5.41) is 15.1. The number of anilines is 2. The number of para-hydroxylation sites is 2. The number of ether oxygens (including phenoxy) is 3. The molecule has 0 fully saturated rings. The molecular weight excluding hydrogens is 1850 g/mol. The summed E-state index contributed by atoms with van der Waals surface area (Å²) < 4.78 is 191. The van der Waals surface area contributed by atoms with Gasteiger partial charge in [0, 0.05) is 157 Å². The summed E-state index contributed by atoms with van der Waals surface area (Å²) in [5.74, 6) is 1.08. The Morgan fingerprint density at radius 3 is 1.69 bits per heavy atom. The smallest absolute Gasteiger partial charge is 1.00 e. The van der Waals surface area contributed by atoms with Crippen LogP contribution in [-0.4, -0.2) is 159 Å². The number of hydrogen-bond acceptors (Lipinski definition) is 20. The first-order chi connectivity index (χ1) is 62.3. The van der Waals surface area contributed by atoms with E-state index in [-0.39, 0.29) is 149 Å². The quantitative estimate of drug-likeness (QED) is 0.00837. The number of carbonyl (C=O) groups is 2. The van der Waals surface area contributed by atoms with Gasteiger partial charge in [0.1, 0.15) is 62.9 Å². The van der Waals surface area contributed by atoms with Crippen LogP contribution in [0.1, 0.15) is 202 Å². The van der Waals surface area contributed by atoms with Gasteiger partial charge in [-0.3, -0.25) is 27.5 Å². The molecule has 7 aromatic carbocycles. The number of likely N-dealkylation sites (N-methyl/N-ethyl adjacent to an activating group) is 2. The number of fused-ring (bicyclic) bond motifs is 6. The summed E-state index contributed by atoms with van der Waals surface area (Å²) in [6, 6.07) is 46.7. The van der Waals surface area contributed by atoms with E-state index in [1.807, 2.05) is 164 Å². The second-order valence-corrected chi connectivity index (χ2v) is 41.3. The summed E-state index contributed by atoms with van der Waals surface area (Å²) >= 11 is 0. The standard InChI is InChI=1S/C44H48N2O9S2.C23H32NO.C19H27NO8S2.C15H14N2.BF3.FH.2Na/c1-6-46-38-28-40-35(27-34(38)30(2)29-43(46,3)4)32(25-39(55-40)31-15-9-7-10-16-31)17-11-8-12-18-41-44(5,22-13-19-42(47)48)36-26-33(57(52,53)54)20-21-37(36)45(41)23-14-24-56(49,50)51;1-10-24-19-12-20-18(11-17(19)14(2)13-23(24,8)9)15(3)16(4)21(25-20)22(5,6)7;1-4-28-18(21)7-5-10-19(3)14(2)20(11-6-12-29(22,23)24)17-9-8-15(13-16(17)19)30(25,26)27;1-3-8-14(9-4-1)16-12-7-13-17-15-10-5-2-6-11-15;2-1(3)4;;;/h7-12,15-18,20-21,25-29H,6,13-14,19,22-24H2,1-5H3,(H2-,47,48,49,50,51,52,53,54);11-13H,10H2,1-9H3;8-9,13H,4-7,10-12H2,1-3H3,(H-,22,23,24,25,26,27);1-13,16H;;1H;;/q;+1;;;;;2*+1/p-3/b;;;12-7+,17-13?;;;;. The molecule has 0 aliphatic carbocycles. The third-order valence-corrected chi connectivity index (χ3v) is 27.4. The van der Waals surface area contributed by atoms with Gasteiger partial charge in [0.15, 0.2) is 17.0 Å². The van der Waals surface area contributed by atoms with Crippen molar-refractivity contribution in [3.63, 3.8) is 0 Å². The molecule has 0 bridgehead atoms. The van der Waals surface area contributed by atoms with Crippen LogP contribution in [0.4, 0.5) is 41.4 Å². The van der Waals surface area contributed by atoms with E-state index in [1.54, 1.807) is 19.2 Å². The normalized spacial score (nSPS) is 17.6. The van der Waals surface area contributed by atoms with Crippen LogP contribution >= 0.6 is 0 Å². The average molecular weight is 1970 g/mol. The summed E-state index contributed by atoms with van der Waals surface area (Å²) in [5.41, 5.74) is 15.5. The number of nitrogens with one attached hydrogen (secondary N) is 1. The van der Waals surface area contributed by atoms with Gasteiger partial charge in [-0.05, 0) is 209 Å². The molecule has 24 nitrogen and oxygen atoms in total. The molecule has 2 N–H and O–H groups in total. The Hall–Kier alpha value is -9.30. The van der Waals surface area contributed by atoms with E-state index in [2.05, 4.69) is 146 Å². The number of carboxylic acids is 1. The van der Waals surface area contributed by atoms with E-state index >= 15 is 0 Å². The number of allylic oxidation sites excluding steroid dienone is 12. The molecule has 0 radical (unpaired) electrons. The fraction of sp³-hybridized carbons (Fsp3) is 0.366. The molecule has 0 aromatic heterocycles. The molecule has 2 unspecified atom stereocenters. The van der Waals surface area contributed by atoms with Crippen molar-refractivity contribution in [2.45, 2.75) is 201 Å². The minimum Gasteiger partial charge on any atom is -1.00 e. The fourth-order valence-corrected chi connectivity index (χ4v) is 19.8. The van der Waals surface area contributed by atoms with Crippen molar-refractivity contribution >= 4 is 134 Å². The molecule has 0 spiro atoms. The molecule has 6 aliphatic rings. The first-order valence-electron chi connectivity index (χ1n) is 44.0. The number of aliphatic carboxylic acids is 1. The zero-order valence-corrected chi connectivity index (χ0v) is 88.0. The van der Waals surface area contributed by atoms with Gasteiger partial charge >= 0.3 is 78.6 Å². The Kier molecular flexibility index (Phi) is 41.6. The van der Waals surface area contributed by atoms with E-state index in [1.165, 1.54) is 74.8 Å². The minimum atomic E-state index is -4.82. The Bertz CT molecular complexity index is 6540. The molecule has 136 heavy (non-hydrogen) atoms. The van der Waals surface area contributed by atoms with Gasteiger partial charge in [-0.2, -0.15) is 9.15 Å². The van der Waals surface area contributed by atoms with Gasteiger partial charge in [-0.15, -0.1) is 0 Å². The molecule has 0 saturated carbocycles. The third kappa shape index (κ3) is 30.1. The van der Waals surface area contributed by atoms with Gasteiger partial charge in [0.05, 0.1) is 64.8 Å². The maximum atomic E-state index is 12.1. The van der Waals surface area contributed by atoms with Gasteiger partial charge in [0.2, 0.25) is 16.7 Å². The molecule has 0 amide bonds. The van der Waals surface area contributed by atoms with Crippen molar-refractivity contribution in [3.05, 3.63) is 268 Å². The van der Waals surface area contributed by atoms with Crippen LogP contribution in [0.2, 0.25) is 0 Å². The molecule has 718 valence electrons. The van der Waals surface area contributed by atoms with Crippen LogP contribution in [0.25, 0.3) is 28.1 Å². The van der Waals surface area contributed by atoms with Crippen molar-refractivity contribution in [3.8, 4) is 11.5 Å². The predicted octanol–water partition coefficient (Wildman–Crippen LogP) is 9.61. The number of esters is 1. The number of carbonyl (C=O) groups excluding carboxylic acids is 1. The molecule has 0 saturated heterocycles. The fourth-order valence-electron chi connectivity index (χ4n) is 17.8. The molecule has 35 heteroatoms. The van der Waals surface area contributed by atoms with Gasteiger partial charge in [-0.25, -0.2) is 38.2 Å². The Balaban J connectivity index is 0.000000301. The van der Waals surface area contributed by atoms with Crippen LogP contribution < -0.4 is 98.7 Å². The maximum absolute atomic E-state index is 12.1. The second kappa shape index (κ2) is 49.0. The number of carboxylic acid groups (broad SMARTS) is 1. The largest absolute Gasteiger partial charge is 1.00 e. The number of hydrogen-bond donors (Lipinski definition) is 2. The summed E-state index contributed by atoms with van der Waals surface area (Å²) in [7, 11) is -22.0. The number of aliphatic imine (C=N–C) groups is 1. The van der Waals surface area contributed by atoms with Crippen LogP contribution in [0.15, 0.2) is 239 Å². The van der Waals surface area contributed by atoms with Gasteiger partial charge in [-0.1, -0.05) is 118 Å². The first-order valence-corrected chi connectivity index (χ1v) is 50.0. The van der Waals surface area contributed by atoms with E-state index in [9.17, 15) is 79.5 Å². The van der Waals surface area contributed by atoms with E-state index in [4.69, 9.17) is 14.2 Å². The Morgan fingerprint density at radius 2 is 1.15 bits per heavy atom. The topological polar surface area (TPSA) is 348 Å². The SMILES string of the molecule is C(/C=C/Nc1ccccc1)=Nc1ccccc1.CCN1c2cc3c(cc2C(C)=CC1(C)C)/C(=C/C=C/C=C/C1=[N+](CCCS(=O)(=O)[O-])c2ccc(S(=O)(=O)[O-])cc2C1(C)CCCC(=O)O)C=C(c1ccccc1)O3.CCOC(=O)CCCC1(C)C(C)=[N+](CCCS(=O)(=O)[O-])c2ccc(S(=O)(=O)[O-])cc21.CC[N+]1=c2cc3c(cc2C(C)=CC1(C)C)=C(C)C(C)=C(C(C)(C)C)O3.FB(F)F.[F-].[Na+].[Na+]. The van der Waals surface area contributed by atoms with Crippen LogP contribution in [0, 0.1) is 5.41 Å². The van der Waals surface area contributed by atoms with Gasteiger partial charge < -0.3 is 52.4 Å². The van der Waals surface area contributed by atoms with Crippen molar-refractivity contribution < 1.29 is 167 Å². The monoisotopic (exact) mass is 1960 g/mol. The van der Waals surface area contributed by atoms with Crippen molar-refractivity contribution in [2.24, 2.45) is 10.4 Å². The number of rotatable bonds is 29. The number of benzene rings is 7. The molecule has 7 aromatic rings. The Morgan fingerprint density at radius 1 is 0.610 bits per heavy atom. The van der Waals surface area contributed by atoms with Crippen molar-refractivity contribution in [1.82, 2.24) is 4.58 Å². The van der Waals surface area contributed by atoms with Gasteiger partial charge in [0.25, 0.3) is 0 Å². The predicted molar refractivity (Wildman–Crippen MR) is 518 cm³/mol. The zero-order valence-electron chi connectivity index (χ0n) is 80.7. The third-order valence-electron chi connectivity index (χ3n) is 24.1. The summed E-state index contributed by atoms with van der Waals surface area (Å²) in [6.07, 6.45) is 23.2. The number of nitrogens with zero attached hydrogens (tertiary/aromatic N) is 5. The molecule has 6 aliphatic heterocycles. The molecule has 2 atom stereocenters. The molecular formula is C101H119BF4N6Na2O18S4. The maximum Gasteiger partial charge on any atom is 1.00 e. The van der Waals surface area contributed by atoms with Crippen LogP contribution in [0.5, 0.6) is 11.5 Å². The van der Waals surface area contributed by atoms with Crippen molar-refractivity contribution in [2.75, 3.05) is 54.5 Å². The zero-order chi connectivity index (χ0) is 98.2. The first kappa shape index (κ1) is 115. The van der Waals surface area contributed by atoms with E-state index in [0.29, 0.717) is 46.8 Å².